The van der Waals surface area contributed by atoms with E-state index in [1.165, 1.54) is 6.92 Å². The van der Waals surface area contributed by atoms with Gasteiger partial charge < -0.3 is 10.9 Å². The fourth-order valence-corrected chi connectivity index (χ4v) is 0.352. The monoisotopic (exact) mass is 186 g/mol. The summed E-state index contributed by atoms with van der Waals surface area (Å²) in [5.41, 5.74) is 0.938. The van der Waals surface area contributed by atoms with Crippen molar-refractivity contribution in [2.45, 2.75) is 20.8 Å². The van der Waals surface area contributed by atoms with Crippen LogP contribution in [0, 0.1) is 6.08 Å². The molecule has 0 unspecified atom stereocenters. The number of Topliss-reactive ketones (excluding diaryl/α,β-unsaturated/α-hetero) is 1. The molecule has 0 spiro atoms. The summed E-state index contributed by atoms with van der Waals surface area (Å²) >= 11 is 0. The zero-order chi connectivity index (χ0) is 5.86. The predicted molar refractivity (Wildman–Crippen MR) is 28.8 cm³/mol. The van der Waals surface area contributed by atoms with Crippen LogP contribution in [-0.2, 0) is 37.5 Å². The Morgan fingerprint density at radius 2 is 1.62 bits per heavy atom. The zero-order valence-electron chi connectivity index (χ0n) is 5.49. The van der Waals surface area contributed by atoms with E-state index in [0.29, 0.717) is 0 Å². The molecule has 0 saturated heterocycles. The van der Waals surface area contributed by atoms with E-state index >= 15 is 0 Å². The van der Waals surface area contributed by atoms with E-state index in [1.54, 1.807) is 0 Å². The molecule has 0 heterocycles. The summed E-state index contributed by atoms with van der Waals surface area (Å²) in [4.78, 5) is 10.1. The van der Waals surface area contributed by atoms with Gasteiger partial charge in [0, 0.05) is 0 Å². The minimum atomic E-state index is 0. The molecule has 0 fully saturated rings. The molecule has 0 atom stereocenters. The zero-order valence-corrected chi connectivity index (χ0v) is 8.32. The van der Waals surface area contributed by atoms with Crippen LogP contribution < -0.4 is 0 Å². The van der Waals surface area contributed by atoms with Gasteiger partial charge in [-0.05, 0) is 12.7 Å². The van der Waals surface area contributed by atoms with Gasteiger partial charge in [-0.25, -0.2) is 0 Å². The summed E-state index contributed by atoms with van der Waals surface area (Å²) in [6, 6.07) is 0. The fraction of sp³-hybridized carbons (Fsp3) is 0.500. The molecule has 0 aromatic heterocycles. The van der Waals surface area contributed by atoms with Crippen LogP contribution >= 0.6 is 0 Å². The molecular weight excluding hydrogens is 177 g/mol. The SMILES string of the molecule is CC(=O)[C-]=C(C)C.[Y+3]. The molecule has 0 aromatic carbocycles. The first-order chi connectivity index (χ1) is 3.13. The Morgan fingerprint density at radius 3 is 1.62 bits per heavy atom. The van der Waals surface area contributed by atoms with Gasteiger partial charge in [-0.2, -0.15) is 0 Å². The van der Waals surface area contributed by atoms with Gasteiger partial charge in [0.1, 0.15) is 0 Å². The smallest absolute Gasteiger partial charge is 0.429 e. The van der Waals surface area contributed by atoms with E-state index in [9.17, 15) is 4.79 Å². The van der Waals surface area contributed by atoms with E-state index in [4.69, 9.17) is 0 Å². The number of ketones is 1. The van der Waals surface area contributed by atoms with Crippen molar-refractivity contribution in [2.75, 3.05) is 0 Å². The summed E-state index contributed by atoms with van der Waals surface area (Å²) in [6.07, 6.45) is 2.58. The van der Waals surface area contributed by atoms with Crippen LogP contribution in [-0.4, -0.2) is 5.78 Å². The van der Waals surface area contributed by atoms with Crippen molar-refractivity contribution in [3.05, 3.63) is 11.6 Å². The quantitative estimate of drug-likeness (QED) is 0.446. The Labute approximate surface area is 75.4 Å². The second-order valence-corrected chi connectivity index (χ2v) is 1.68. The fourth-order valence-electron chi connectivity index (χ4n) is 0.352. The summed E-state index contributed by atoms with van der Waals surface area (Å²) in [6.45, 7) is 5.19. The Bertz CT molecular complexity index is 101. The van der Waals surface area contributed by atoms with Gasteiger partial charge in [-0.1, -0.05) is 13.8 Å². The van der Waals surface area contributed by atoms with Crippen molar-refractivity contribution in [1.29, 1.82) is 0 Å². The van der Waals surface area contributed by atoms with Gasteiger partial charge >= 0.3 is 32.7 Å². The number of carbonyl (C=O) groups is 1. The molecule has 8 heavy (non-hydrogen) atoms. The van der Waals surface area contributed by atoms with Gasteiger partial charge in [0.15, 0.2) is 0 Å². The number of hydrogen-bond donors (Lipinski definition) is 0. The van der Waals surface area contributed by atoms with Crippen LogP contribution in [0.15, 0.2) is 5.57 Å². The summed E-state index contributed by atoms with van der Waals surface area (Å²) in [5, 5.41) is 0. The van der Waals surface area contributed by atoms with E-state index in [-0.39, 0.29) is 38.5 Å². The summed E-state index contributed by atoms with van der Waals surface area (Å²) < 4.78 is 0. The van der Waals surface area contributed by atoms with Gasteiger partial charge in [-0.3, -0.25) is 5.57 Å². The van der Waals surface area contributed by atoms with Crippen LogP contribution in [0.5, 0.6) is 0 Å². The molecule has 0 rings (SSSR count). The van der Waals surface area contributed by atoms with Crippen molar-refractivity contribution in [3.63, 3.8) is 0 Å². The molecule has 0 aliphatic carbocycles. The minimum Gasteiger partial charge on any atom is -0.429 e. The normalized spacial score (nSPS) is 6.88. The third-order valence-electron chi connectivity index (χ3n) is 0.426. The molecule has 0 radical (unpaired) electrons. The largest absolute Gasteiger partial charge is 3.00 e. The number of allylic oxidation sites excluding steroid dienone is 2. The van der Waals surface area contributed by atoms with Crippen LogP contribution in [0.3, 0.4) is 0 Å². The average Bonchev–Trinajstić information content (AvgIpc) is 1.27. The molecule has 40 valence electrons. The number of hydrogen-bond acceptors (Lipinski definition) is 1. The van der Waals surface area contributed by atoms with Crippen molar-refractivity contribution in [1.82, 2.24) is 0 Å². The van der Waals surface area contributed by atoms with Gasteiger partial charge in [-0.15, -0.1) is 0 Å². The van der Waals surface area contributed by atoms with Crippen molar-refractivity contribution in [2.24, 2.45) is 0 Å². The Morgan fingerprint density at radius 1 is 1.25 bits per heavy atom. The third kappa shape index (κ3) is 9.72. The Hall–Kier alpha value is 0.514. The molecule has 0 aromatic rings. The molecule has 0 saturated carbocycles. The van der Waals surface area contributed by atoms with E-state index in [2.05, 4.69) is 6.08 Å². The maximum absolute atomic E-state index is 10.1. The summed E-state index contributed by atoms with van der Waals surface area (Å²) in [7, 11) is 0. The van der Waals surface area contributed by atoms with Crippen LogP contribution in [0.1, 0.15) is 20.8 Å². The second-order valence-electron chi connectivity index (χ2n) is 1.68. The average molecular weight is 186 g/mol. The standard InChI is InChI=1S/C6H9O.Y/c1-5(2)4-6(3)7;/h1-3H3;/q-1;+3. The third-order valence-corrected chi connectivity index (χ3v) is 0.426. The van der Waals surface area contributed by atoms with Gasteiger partial charge in [0.25, 0.3) is 0 Å². The maximum atomic E-state index is 10.1. The topological polar surface area (TPSA) is 17.1 Å². The van der Waals surface area contributed by atoms with Crippen molar-refractivity contribution < 1.29 is 37.5 Å². The van der Waals surface area contributed by atoms with E-state index < -0.39 is 0 Å². The van der Waals surface area contributed by atoms with Gasteiger partial charge in [0.2, 0.25) is 0 Å². The molecular formula is C6H9OY+2. The maximum Gasteiger partial charge on any atom is 3.00 e. The Balaban J connectivity index is 0. The molecule has 0 bridgehead atoms. The molecule has 0 aliphatic rings. The molecule has 1 nitrogen and oxygen atoms in total. The molecule has 0 N–H and O–H groups in total. The van der Waals surface area contributed by atoms with Crippen LogP contribution in [0.4, 0.5) is 0 Å². The van der Waals surface area contributed by atoms with Crippen molar-refractivity contribution in [3.8, 4) is 0 Å². The Kier molecular flexibility index (Phi) is 8.00. The van der Waals surface area contributed by atoms with Crippen molar-refractivity contribution >= 4 is 5.78 Å². The van der Waals surface area contributed by atoms with Crippen LogP contribution in [0.2, 0.25) is 0 Å². The molecule has 0 aliphatic heterocycles. The predicted octanol–water partition coefficient (Wildman–Crippen LogP) is 1.34. The second kappa shape index (κ2) is 5.65. The van der Waals surface area contributed by atoms with Gasteiger partial charge in [0.05, 0.1) is 0 Å². The summed E-state index contributed by atoms with van der Waals surface area (Å²) in [5.74, 6) is 0.000000000000000444. The number of carbonyl (C=O) groups excluding carboxylic acids is 1. The van der Waals surface area contributed by atoms with E-state index in [1.807, 2.05) is 13.8 Å². The molecule has 2 heteroatoms. The van der Waals surface area contributed by atoms with Crippen LogP contribution in [0.25, 0.3) is 0 Å². The van der Waals surface area contributed by atoms with E-state index in [0.717, 1.165) is 5.57 Å². The first-order valence-corrected chi connectivity index (χ1v) is 2.20. The first-order valence-electron chi connectivity index (χ1n) is 2.20. The first kappa shape index (κ1) is 11.3. The minimum absolute atomic E-state index is 0. The molecule has 0 amide bonds. The number of rotatable bonds is 1.